The predicted octanol–water partition coefficient (Wildman–Crippen LogP) is 0.416. The molecule has 0 amide bonds. The van der Waals surface area contributed by atoms with Gasteiger partial charge < -0.3 is 20.1 Å². The third kappa shape index (κ3) is 2.22. The van der Waals surface area contributed by atoms with Gasteiger partial charge >= 0.3 is 0 Å². The van der Waals surface area contributed by atoms with Gasteiger partial charge in [0, 0.05) is 32.2 Å². The number of aromatic nitrogens is 2. The molecule has 2 atom stereocenters. The molecule has 1 aliphatic carbocycles. The summed E-state index contributed by atoms with van der Waals surface area (Å²) in [6, 6.07) is 0.186. The summed E-state index contributed by atoms with van der Waals surface area (Å²) in [4.78, 5) is 9.04. The maximum atomic E-state index is 6.07. The number of anilines is 1. The molecule has 1 aromatic rings. The first kappa shape index (κ1) is 11.9. The van der Waals surface area contributed by atoms with Crippen molar-refractivity contribution >= 4 is 5.95 Å². The van der Waals surface area contributed by atoms with Crippen LogP contribution in [0.2, 0.25) is 0 Å². The molecule has 1 saturated carbocycles. The van der Waals surface area contributed by atoms with Crippen molar-refractivity contribution in [2.75, 3.05) is 38.1 Å². The molecule has 0 radical (unpaired) electrons. The molecule has 100 valence electrons. The summed E-state index contributed by atoms with van der Waals surface area (Å²) < 4.78 is 5.40. The molecule has 0 aromatic carbocycles. The number of hydrogen-bond acceptors (Lipinski definition) is 6. The summed E-state index contributed by atoms with van der Waals surface area (Å²) in [6.45, 7) is 4.03. The van der Waals surface area contributed by atoms with Gasteiger partial charge in [-0.05, 0) is 25.0 Å². The zero-order valence-corrected chi connectivity index (χ0v) is 10.9. The molecule has 2 N–H and O–H groups in total. The lowest BCUT2D eigenvalue weighted by Gasteiger charge is -2.31. The van der Waals surface area contributed by atoms with Crippen LogP contribution >= 0.6 is 0 Å². The Bertz CT molecular complexity index is 399. The Kier molecular flexibility index (Phi) is 3.22. The quantitative estimate of drug-likeness (QED) is 0.821. The van der Waals surface area contributed by atoms with Gasteiger partial charge in [0.05, 0.1) is 5.92 Å². The fraction of sp³-hybridized carbons (Fsp3) is 0.833. The van der Waals surface area contributed by atoms with E-state index >= 15 is 0 Å². The summed E-state index contributed by atoms with van der Waals surface area (Å²) in [6.07, 6.45) is 3.31. The van der Waals surface area contributed by atoms with E-state index in [-0.39, 0.29) is 12.0 Å². The zero-order valence-electron chi connectivity index (χ0n) is 10.9. The van der Waals surface area contributed by atoms with Crippen molar-refractivity contribution in [2.45, 2.75) is 31.2 Å². The standard InChI is InChI=1S/C12H21N5O/c1-16-5-7-17(8-6-16)12-14-11(18-15-12)9-3-2-4-10(9)13/h9-10H,2-8,13H2,1H3. The van der Waals surface area contributed by atoms with Gasteiger partial charge in [0.25, 0.3) is 5.95 Å². The second kappa shape index (κ2) is 4.85. The van der Waals surface area contributed by atoms with Crippen LogP contribution in [0, 0.1) is 0 Å². The van der Waals surface area contributed by atoms with Crippen molar-refractivity contribution in [3.63, 3.8) is 0 Å². The van der Waals surface area contributed by atoms with Gasteiger partial charge in [-0.15, -0.1) is 0 Å². The molecule has 1 saturated heterocycles. The van der Waals surface area contributed by atoms with E-state index in [0.29, 0.717) is 0 Å². The van der Waals surface area contributed by atoms with Crippen LogP contribution in [0.25, 0.3) is 0 Å². The van der Waals surface area contributed by atoms with Gasteiger partial charge in [-0.3, -0.25) is 0 Å². The molecule has 3 rings (SSSR count). The van der Waals surface area contributed by atoms with Crippen LogP contribution in [0.5, 0.6) is 0 Å². The molecule has 2 unspecified atom stereocenters. The normalized spacial score (nSPS) is 30.0. The number of hydrogen-bond donors (Lipinski definition) is 1. The molecule has 18 heavy (non-hydrogen) atoms. The zero-order chi connectivity index (χ0) is 12.5. The minimum atomic E-state index is 0.186. The summed E-state index contributed by atoms with van der Waals surface area (Å²) in [5.74, 6) is 1.73. The van der Waals surface area contributed by atoms with Crippen LogP contribution in [-0.2, 0) is 0 Å². The molecule has 6 nitrogen and oxygen atoms in total. The first-order valence-corrected chi connectivity index (χ1v) is 6.77. The monoisotopic (exact) mass is 251 g/mol. The highest BCUT2D eigenvalue weighted by atomic mass is 16.5. The number of piperazine rings is 1. The molecular formula is C12H21N5O. The fourth-order valence-electron chi connectivity index (χ4n) is 2.81. The molecular weight excluding hydrogens is 230 g/mol. The largest absolute Gasteiger partial charge is 0.337 e. The SMILES string of the molecule is CN1CCN(c2noc(C3CCCC3N)n2)CC1. The second-order valence-electron chi connectivity index (χ2n) is 5.42. The van der Waals surface area contributed by atoms with E-state index < -0.39 is 0 Å². The average Bonchev–Trinajstić information content (AvgIpc) is 2.98. The van der Waals surface area contributed by atoms with Crippen molar-refractivity contribution in [3.05, 3.63) is 5.89 Å². The fourth-order valence-corrected chi connectivity index (χ4v) is 2.81. The molecule has 2 heterocycles. The number of likely N-dealkylation sites (N-methyl/N-ethyl adjacent to an activating group) is 1. The Labute approximate surface area is 107 Å². The molecule has 2 aliphatic rings. The van der Waals surface area contributed by atoms with Crippen LogP contribution in [0.4, 0.5) is 5.95 Å². The lowest BCUT2D eigenvalue weighted by Crippen LogP contribution is -2.44. The Hall–Kier alpha value is -1.14. The Balaban J connectivity index is 1.69. The van der Waals surface area contributed by atoms with E-state index in [1.165, 1.54) is 0 Å². The maximum absolute atomic E-state index is 6.07. The number of rotatable bonds is 2. The van der Waals surface area contributed by atoms with Crippen LogP contribution in [-0.4, -0.2) is 54.3 Å². The maximum Gasteiger partial charge on any atom is 0.266 e. The first-order chi connectivity index (χ1) is 8.74. The lowest BCUT2D eigenvalue weighted by molar-refractivity contribution is 0.307. The Morgan fingerprint density at radius 1 is 1.22 bits per heavy atom. The van der Waals surface area contributed by atoms with Crippen LogP contribution < -0.4 is 10.6 Å². The highest BCUT2D eigenvalue weighted by Gasteiger charge is 2.31. The van der Waals surface area contributed by atoms with E-state index in [1.807, 2.05) is 0 Å². The van der Waals surface area contributed by atoms with Crippen molar-refractivity contribution in [1.29, 1.82) is 0 Å². The van der Waals surface area contributed by atoms with Crippen LogP contribution in [0.3, 0.4) is 0 Å². The highest BCUT2D eigenvalue weighted by Crippen LogP contribution is 2.33. The van der Waals surface area contributed by atoms with Crippen LogP contribution in [0.1, 0.15) is 31.1 Å². The van der Waals surface area contributed by atoms with Gasteiger partial charge in [0.15, 0.2) is 0 Å². The summed E-state index contributed by atoms with van der Waals surface area (Å²) >= 11 is 0. The molecule has 1 aromatic heterocycles. The molecule has 2 fully saturated rings. The summed E-state index contributed by atoms with van der Waals surface area (Å²) in [5, 5.41) is 4.11. The van der Waals surface area contributed by atoms with E-state index in [4.69, 9.17) is 10.3 Å². The van der Waals surface area contributed by atoms with Crippen molar-refractivity contribution < 1.29 is 4.52 Å². The number of nitrogens with zero attached hydrogens (tertiary/aromatic N) is 4. The number of nitrogens with two attached hydrogens (primary N) is 1. The van der Waals surface area contributed by atoms with Gasteiger partial charge in [0.2, 0.25) is 5.89 Å². The van der Waals surface area contributed by atoms with Gasteiger partial charge in [-0.1, -0.05) is 6.42 Å². The average molecular weight is 251 g/mol. The van der Waals surface area contributed by atoms with Gasteiger partial charge in [0.1, 0.15) is 0 Å². The van der Waals surface area contributed by atoms with E-state index in [9.17, 15) is 0 Å². The van der Waals surface area contributed by atoms with E-state index in [2.05, 4.69) is 27.0 Å². The minimum Gasteiger partial charge on any atom is -0.337 e. The van der Waals surface area contributed by atoms with Gasteiger partial charge in [-0.2, -0.15) is 4.98 Å². The van der Waals surface area contributed by atoms with Crippen molar-refractivity contribution in [1.82, 2.24) is 15.0 Å². The second-order valence-corrected chi connectivity index (χ2v) is 5.42. The van der Waals surface area contributed by atoms with Gasteiger partial charge in [-0.25, -0.2) is 0 Å². The summed E-state index contributed by atoms with van der Waals surface area (Å²) in [7, 11) is 2.14. The molecule has 0 bridgehead atoms. The van der Waals surface area contributed by atoms with Crippen LogP contribution in [0.15, 0.2) is 4.52 Å². The summed E-state index contributed by atoms with van der Waals surface area (Å²) in [5.41, 5.74) is 6.07. The van der Waals surface area contributed by atoms with Crippen molar-refractivity contribution in [2.24, 2.45) is 5.73 Å². The third-order valence-electron chi connectivity index (χ3n) is 4.10. The highest BCUT2D eigenvalue weighted by molar-refractivity contribution is 5.29. The Morgan fingerprint density at radius 3 is 2.67 bits per heavy atom. The molecule has 0 spiro atoms. The van der Waals surface area contributed by atoms with Crippen molar-refractivity contribution in [3.8, 4) is 0 Å². The van der Waals surface area contributed by atoms with E-state index in [0.717, 1.165) is 57.3 Å². The predicted molar refractivity (Wildman–Crippen MR) is 68.6 cm³/mol. The smallest absolute Gasteiger partial charge is 0.266 e. The lowest BCUT2D eigenvalue weighted by atomic mass is 10.1. The third-order valence-corrected chi connectivity index (χ3v) is 4.10. The van der Waals surface area contributed by atoms with E-state index in [1.54, 1.807) is 0 Å². The Morgan fingerprint density at radius 2 is 2.00 bits per heavy atom. The first-order valence-electron chi connectivity index (χ1n) is 6.77. The molecule has 6 heteroatoms. The minimum absolute atomic E-state index is 0.186. The molecule has 1 aliphatic heterocycles. The topological polar surface area (TPSA) is 71.4 Å².